The molecule has 2 amide bonds. The summed E-state index contributed by atoms with van der Waals surface area (Å²) < 4.78 is 2.86. The predicted octanol–water partition coefficient (Wildman–Crippen LogP) is 0.810. The van der Waals surface area contributed by atoms with Crippen molar-refractivity contribution in [3.63, 3.8) is 0 Å². The molecule has 1 aromatic carbocycles. The lowest BCUT2D eigenvalue weighted by molar-refractivity contribution is 0.0992. The van der Waals surface area contributed by atoms with Crippen molar-refractivity contribution < 1.29 is 9.59 Å². The summed E-state index contributed by atoms with van der Waals surface area (Å²) in [5, 5.41) is 11.2. The van der Waals surface area contributed by atoms with Crippen LogP contribution in [0.4, 0.5) is 5.69 Å². The summed E-state index contributed by atoms with van der Waals surface area (Å²) in [6, 6.07) is 6.94. The Morgan fingerprint density at radius 1 is 1.23 bits per heavy atom. The molecule has 0 atom stereocenters. The number of carbonyl (C=O) groups is 2. The van der Waals surface area contributed by atoms with Gasteiger partial charge in [0, 0.05) is 19.0 Å². The first-order valence-electron chi connectivity index (χ1n) is 7.99. The number of nitrogens with two attached hydrogens (primary N) is 1. The molecule has 0 spiro atoms. The van der Waals surface area contributed by atoms with E-state index >= 15 is 0 Å². The molecule has 9 heteroatoms. The summed E-state index contributed by atoms with van der Waals surface area (Å²) in [6.45, 7) is 3.97. The van der Waals surface area contributed by atoms with Crippen molar-refractivity contribution in [1.82, 2.24) is 19.6 Å². The minimum Gasteiger partial charge on any atom is -0.364 e. The highest BCUT2D eigenvalue weighted by molar-refractivity contribution is 6.08. The monoisotopic (exact) mass is 354 g/mol. The highest BCUT2D eigenvalue weighted by atomic mass is 16.2. The predicted molar refractivity (Wildman–Crippen MR) is 96.1 cm³/mol. The Labute approximate surface area is 148 Å². The molecule has 0 aliphatic rings. The summed E-state index contributed by atoms with van der Waals surface area (Å²) in [5.74, 6) is -1.46. The summed E-state index contributed by atoms with van der Waals surface area (Å²) in [6.07, 6.45) is 0. The number of aromatic nitrogens is 4. The van der Waals surface area contributed by atoms with Gasteiger partial charge in [0.2, 0.25) is 5.43 Å². The minimum atomic E-state index is -0.735. The molecule has 2 heterocycles. The molecule has 0 fully saturated rings. The van der Waals surface area contributed by atoms with Gasteiger partial charge in [0.05, 0.1) is 16.9 Å². The number of fused-ring (bicyclic) bond motifs is 1. The van der Waals surface area contributed by atoms with E-state index in [0.717, 1.165) is 0 Å². The average Bonchev–Trinajstić information content (AvgIpc) is 2.89. The molecule has 0 radical (unpaired) electrons. The maximum Gasteiger partial charge on any atom is 0.280 e. The van der Waals surface area contributed by atoms with Gasteiger partial charge < -0.3 is 11.1 Å². The lowest BCUT2D eigenvalue weighted by Gasteiger charge is -2.10. The quantitative estimate of drug-likeness (QED) is 0.717. The molecule has 0 saturated heterocycles. The summed E-state index contributed by atoms with van der Waals surface area (Å²) >= 11 is 0. The third-order valence-corrected chi connectivity index (χ3v) is 4.07. The van der Waals surface area contributed by atoms with Crippen molar-refractivity contribution in [2.24, 2.45) is 12.8 Å². The highest BCUT2D eigenvalue weighted by Crippen LogP contribution is 2.20. The van der Waals surface area contributed by atoms with E-state index in [0.29, 0.717) is 23.1 Å². The normalized spacial score (nSPS) is 10.9. The molecule has 26 heavy (non-hydrogen) atoms. The van der Waals surface area contributed by atoms with Crippen LogP contribution >= 0.6 is 0 Å². The Morgan fingerprint density at radius 3 is 2.58 bits per heavy atom. The molecule has 2 aromatic heterocycles. The second-order valence-electron chi connectivity index (χ2n) is 5.76. The Morgan fingerprint density at radius 2 is 1.92 bits per heavy atom. The van der Waals surface area contributed by atoms with E-state index < -0.39 is 17.2 Å². The van der Waals surface area contributed by atoms with Crippen LogP contribution in [0.2, 0.25) is 0 Å². The van der Waals surface area contributed by atoms with E-state index in [1.165, 1.54) is 4.68 Å². The van der Waals surface area contributed by atoms with Gasteiger partial charge in [0.25, 0.3) is 11.8 Å². The van der Waals surface area contributed by atoms with Crippen LogP contribution in [0.3, 0.4) is 0 Å². The van der Waals surface area contributed by atoms with Gasteiger partial charge in [0.1, 0.15) is 5.69 Å². The Kier molecular flexibility index (Phi) is 4.29. The maximum atomic E-state index is 12.7. The van der Waals surface area contributed by atoms with E-state index in [1.54, 1.807) is 42.9 Å². The minimum absolute atomic E-state index is 0.0486. The SMILES string of the molecule is CCn1nc(C(=O)Nc2c(C)nn(C)c2C(N)=O)c(=O)c2ccccc21. The number of nitrogens with one attached hydrogen (secondary N) is 1. The molecule has 0 aliphatic heterocycles. The van der Waals surface area contributed by atoms with Crippen LogP contribution in [-0.2, 0) is 13.6 Å². The average molecular weight is 354 g/mol. The van der Waals surface area contributed by atoms with Crippen LogP contribution in [0.25, 0.3) is 10.9 Å². The van der Waals surface area contributed by atoms with E-state index in [4.69, 9.17) is 5.73 Å². The Hall–Kier alpha value is -3.49. The Bertz CT molecular complexity index is 1100. The smallest absolute Gasteiger partial charge is 0.280 e. The zero-order valence-electron chi connectivity index (χ0n) is 14.6. The van der Waals surface area contributed by atoms with Crippen molar-refractivity contribution >= 4 is 28.4 Å². The fourth-order valence-corrected chi connectivity index (χ4v) is 2.89. The molecular weight excluding hydrogens is 336 g/mol. The summed E-state index contributed by atoms with van der Waals surface area (Å²) in [5.41, 5.74) is 5.89. The first kappa shape index (κ1) is 17.3. The second-order valence-corrected chi connectivity index (χ2v) is 5.76. The van der Waals surface area contributed by atoms with E-state index in [9.17, 15) is 14.4 Å². The number of para-hydroxylation sites is 1. The van der Waals surface area contributed by atoms with Crippen LogP contribution in [-0.4, -0.2) is 31.4 Å². The number of hydrogen-bond acceptors (Lipinski definition) is 5. The zero-order valence-corrected chi connectivity index (χ0v) is 14.6. The number of benzene rings is 1. The van der Waals surface area contributed by atoms with E-state index in [1.807, 2.05) is 6.92 Å². The van der Waals surface area contributed by atoms with Crippen molar-refractivity contribution in [1.29, 1.82) is 0 Å². The first-order chi connectivity index (χ1) is 12.3. The molecule has 0 aliphatic carbocycles. The van der Waals surface area contributed by atoms with E-state index in [2.05, 4.69) is 15.5 Å². The maximum absolute atomic E-state index is 12.7. The zero-order chi connectivity index (χ0) is 19.0. The summed E-state index contributed by atoms with van der Waals surface area (Å²) in [7, 11) is 1.54. The topological polar surface area (TPSA) is 125 Å². The molecule has 3 rings (SSSR count). The van der Waals surface area contributed by atoms with Crippen LogP contribution in [0.1, 0.15) is 33.6 Å². The van der Waals surface area contributed by atoms with Crippen molar-refractivity contribution in [3.05, 3.63) is 51.6 Å². The van der Waals surface area contributed by atoms with Gasteiger partial charge >= 0.3 is 0 Å². The number of primary amides is 1. The van der Waals surface area contributed by atoms with Gasteiger partial charge in [-0.3, -0.25) is 23.7 Å². The number of hydrogen-bond donors (Lipinski definition) is 2. The van der Waals surface area contributed by atoms with Crippen molar-refractivity contribution in [2.45, 2.75) is 20.4 Å². The lowest BCUT2D eigenvalue weighted by Crippen LogP contribution is -2.28. The molecule has 0 bridgehead atoms. The van der Waals surface area contributed by atoms with Crippen LogP contribution < -0.4 is 16.5 Å². The molecule has 0 saturated carbocycles. The van der Waals surface area contributed by atoms with Crippen LogP contribution in [0.5, 0.6) is 0 Å². The Balaban J connectivity index is 2.11. The largest absolute Gasteiger partial charge is 0.364 e. The molecule has 0 unspecified atom stereocenters. The number of anilines is 1. The van der Waals surface area contributed by atoms with Gasteiger partial charge in [-0.15, -0.1) is 0 Å². The van der Waals surface area contributed by atoms with Crippen molar-refractivity contribution in [3.8, 4) is 0 Å². The highest BCUT2D eigenvalue weighted by Gasteiger charge is 2.23. The van der Waals surface area contributed by atoms with Crippen molar-refractivity contribution in [2.75, 3.05) is 5.32 Å². The fraction of sp³-hybridized carbons (Fsp3) is 0.235. The van der Waals surface area contributed by atoms with Gasteiger partial charge in [-0.1, -0.05) is 12.1 Å². The standard InChI is InChI=1S/C17H18N6O3/c1-4-23-11-8-6-5-7-10(11)15(24)13(21-23)17(26)19-12-9(2)20-22(3)14(12)16(18)25/h5-8H,4H2,1-3H3,(H2,18,25)(H,19,26). The first-order valence-corrected chi connectivity index (χ1v) is 7.99. The molecule has 134 valence electrons. The lowest BCUT2D eigenvalue weighted by atomic mass is 10.2. The fourth-order valence-electron chi connectivity index (χ4n) is 2.89. The third kappa shape index (κ3) is 2.73. The number of amides is 2. The molecule has 3 aromatic rings. The number of carbonyl (C=O) groups excluding carboxylic acids is 2. The van der Waals surface area contributed by atoms with E-state index in [-0.39, 0.29) is 17.1 Å². The van der Waals surface area contributed by atoms with Gasteiger partial charge in [-0.2, -0.15) is 10.2 Å². The second kappa shape index (κ2) is 6.43. The number of rotatable bonds is 4. The molecule has 9 nitrogen and oxygen atoms in total. The van der Waals surface area contributed by atoms with Gasteiger partial charge in [-0.25, -0.2) is 0 Å². The molecule has 3 N–H and O–H groups in total. The van der Waals surface area contributed by atoms with Gasteiger partial charge in [0.15, 0.2) is 5.69 Å². The number of nitrogens with zero attached hydrogens (tertiary/aromatic N) is 4. The van der Waals surface area contributed by atoms with Crippen LogP contribution in [0, 0.1) is 6.92 Å². The van der Waals surface area contributed by atoms with Gasteiger partial charge in [-0.05, 0) is 26.0 Å². The summed E-state index contributed by atoms with van der Waals surface area (Å²) in [4.78, 5) is 37.0. The molecular formula is C17H18N6O3. The van der Waals surface area contributed by atoms with Crippen LogP contribution in [0.15, 0.2) is 29.1 Å². The third-order valence-electron chi connectivity index (χ3n) is 4.07. The number of aryl methyl sites for hydroxylation is 3.